The maximum absolute atomic E-state index is 11.6. The van der Waals surface area contributed by atoms with E-state index in [0.29, 0.717) is 24.7 Å². The molecule has 1 heterocycles. The Morgan fingerprint density at radius 1 is 1.10 bits per heavy atom. The first-order valence-electron chi connectivity index (χ1n) is 9.84. The minimum Gasteiger partial charge on any atom is -0.491 e. The highest BCUT2D eigenvalue weighted by Gasteiger charge is 2.15. The highest BCUT2D eigenvalue weighted by Crippen LogP contribution is 2.24. The number of carbonyl (C=O) groups excluding carboxylic acids is 1. The molecule has 0 fully saturated rings. The molecular weight excluding hydrogens is 372 g/mol. The van der Waals surface area contributed by atoms with Crippen LogP contribution in [0.2, 0.25) is 0 Å². The number of carbonyl (C=O) groups is 1. The number of unbranched alkanes of at least 4 members (excludes halogenated alkanes) is 1. The van der Waals surface area contributed by atoms with Gasteiger partial charge in [-0.25, -0.2) is 20.6 Å². The first kappa shape index (κ1) is 22.5. The highest BCUT2D eigenvalue weighted by molar-refractivity contribution is 5.81. The lowest BCUT2D eigenvalue weighted by molar-refractivity contribution is 0.0527. The molecule has 0 saturated heterocycles. The van der Waals surface area contributed by atoms with Crippen molar-refractivity contribution in [3.8, 4) is 5.75 Å². The summed E-state index contributed by atoms with van der Waals surface area (Å²) in [6, 6.07) is 5.58. The zero-order valence-electron chi connectivity index (χ0n) is 17.8. The van der Waals surface area contributed by atoms with Gasteiger partial charge in [0.1, 0.15) is 11.4 Å². The first-order chi connectivity index (χ1) is 13.7. The number of fused-ring (bicyclic) bond motifs is 1. The third-order valence-electron chi connectivity index (χ3n) is 3.71. The molecule has 9 heteroatoms. The highest BCUT2D eigenvalue weighted by atomic mass is 16.6. The largest absolute Gasteiger partial charge is 0.491 e. The van der Waals surface area contributed by atoms with E-state index in [2.05, 4.69) is 26.0 Å². The van der Waals surface area contributed by atoms with Crippen LogP contribution in [-0.2, 0) is 4.74 Å². The van der Waals surface area contributed by atoms with Crippen LogP contribution in [-0.4, -0.2) is 40.9 Å². The Morgan fingerprint density at radius 3 is 2.45 bits per heavy atom. The van der Waals surface area contributed by atoms with Gasteiger partial charge in [-0.1, -0.05) is 0 Å². The summed E-state index contributed by atoms with van der Waals surface area (Å²) < 4.78 is 10.9. The van der Waals surface area contributed by atoms with E-state index < -0.39 is 11.7 Å². The second kappa shape index (κ2) is 10.1. The van der Waals surface area contributed by atoms with E-state index in [-0.39, 0.29) is 6.10 Å². The van der Waals surface area contributed by atoms with Crippen LogP contribution in [0.15, 0.2) is 18.2 Å². The van der Waals surface area contributed by atoms with Crippen molar-refractivity contribution in [1.82, 2.24) is 15.3 Å². The summed E-state index contributed by atoms with van der Waals surface area (Å²) in [5.74, 6) is 7.38. The summed E-state index contributed by atoms with van der Waals surface area (Å²) in [5, 5.41) is 5.99. The summed E-state index contributed by atoms with van der Waals surface area (Å²) in [6.07, 6.45) is 1.30. The van der Waals surface area contributed by atoms with Gasteiger partial charge < -0.3 is 25.5 Å². The summed E-state index contributed by atoms with van der Waals surface area (Å²) in [5.41, 5.74) is 3.53. The van der Waals surface area contributed by atoms with Gasteiger partial charge in [0.2, 0.25) is 0 Å². The lowest BCUT2D eigenvalue weighted by Crippen LogP contribution is -2.33. The molecule has 0 aliphatic carbocycles. The van der Waals surface area contributed by atoms with Crippen molar-refractivity contribution in [2.75, 3.05) is 23.8 Å². The second-order valence-corrected chi connectivity index (χ2v) is 7.94. The van der Waals surface area contributed by atoms with Gasteiger partial charge in [0.05, 0.1) is 17.1 Å². The molecule has 0 spiro atoms. The minimum atomic E-state index is -0.494. The Kier molecular flexibility index (Phi) is 7.83. The lowest BCUT2D eigenvalue weighted by Gasteiger charge is -2.19. The van der Waals surface area contributed by atoms with Gasteiger partial charge in [0, 0.05) is 19.2 Å². The number of benzene rings is 1. The van der Waals surface area contributed by atoms with Crippen molar-refractivity contribution >= 4 is 28.8 Å². The Balaban J connectivity index is 1.89. The van der Waals surface area contributed by atoms with Crippen LogP contribution < -0.4 is 26.6 Å². The Hall–Kier alpha value is -2.81. The van der Waals surface area contributed by atoms with Crippen LogP contribution in [0, 0.1) is 0 Å². The molecule has 1 aromatic carbocycles. The molecule has 2 aromatic rings. The number of ether oxygens (including phenoxy) is 2. The average molecular weight is 405 g/mol. The quantitative estimate of drug-likeness (QED) is 0.285. The van der Waals surface area contributed by atoms with Gasteiger partial charge in [0.25, 0.3) is 0 Å². The number of alkyl carbamates (subject to hydrolysis) is 1. The van der Waals surface area contributed by atoms with Crippen molar-refractivity contribution < 1.29 is 14.3 Å². The standard InChI is InChI=1S/C20H32N6O3/c1-13(2)28-14-8-9-15-16(12-14)25-17(18(24-15)26-21)22-10-6-7-11-23-19(27)29-20(3,4)5/h8-9,12-13H,6-7,10-11,21H2,1-5H3,(H,22,25)(H,23,27)(H,24,26). The predicted octanol–water partition coefficient (Wildman–Crippen LogP) is 3.42. The van der Waals surface area contributed by atoms with Gasteiger partial charge in [-0.15, -0.1) is 0 Å². The molecule has 0 saturated carbocycles. The fourth-order valence-corrected chi connectivity index (χ4v) is 2.56. The Bertz CT molecular complexity index is 820. The zero-order chi connectivity index (χ0) is 21.4. The van der Waals surface area contributed by atoms with E-state index in [1.54, 1.807) is 0 Å². The van der Waals surface area contributed by atoms with Crippen molar-refractivity contribution in [3.63, 3.8) is 0 Å². The van der Waals surface area contributed by atoms with Gasteiger partial charge in [-0.05, 0) is 59.6 Å². The molecule has 1 aromatic heterocycles. The van der Waals surface area contributed by atoms with E-state index >= 15 is 0 Å². The number of aromatic nitrogens is 2. The number of rotatable bonds is 9. The minimum absolute atomic E-state index is 0.0808. The molecule has 29 heavy (non-hydrogen) atoms. The van der Waals surface area contributed by atoms with Gasteiger partial charge >= 0.3 is 6.09 Å². The van der Waals surface area contributed by atoms with E-state index in [1.165, 1.54) is 0 Å². The molecule has 5 N–H and O–H groups in total. The van der Waals surface area contributed by atoms with Gasteiger partial charge in [-0.2, -0.15) is 0 Å². The number of amides is 1. The van der Waals surface area contributed by atoms with Gasteiger partial charge in [0.15, 0.2) is 11.6 Å². The molecule has 0 aliphatic rings. The number of anilines is 2. The van der Waals surface area contributed by atoms with Crippen LogP contribution >= 0.6 is 0 Å². The van der Waals surface area contributed by atoms with Crippen LogP contribution in [0.3, 0.4) is 0 Å². The third-order valence-corrected chi connectivity index (χ3v) is 3.71. The Morgan fingerprint density at radius 2 is 1.79 bits per heavy atom. The molecule has 160 valence electrons. The summed E-state index contributed by atoms with van der Waals surface area (Å²) >= 11 is 0. The predicted molar refractivity (Wildman–Crippen MR) is 115 cm³/mol. The maximum Gasteiger partial charge on any atom is 0.407 e. The molecule has 1 amide bonds. The lowest BCUT2D eigenvalue weighted by atomic mass is 10.2. The summed E-state index contributed by atoms with van der Waals surface area (Å²) in [4.78, 5) is 20.7. The summed E-state index contributed by atoms with van der Waals surface area (Å²) in [6.45, 7) is 10.7. The molecule has 0 atom stereocenters. The fourth-order valence-electron chi connectivity index (χ4n) is 2.56. The second-order valence-electron chi connectivity index (χ2n) is 7.94. The van der Waals surface area contributed by atoms with Gasteiger partial charge in [-0.3, -0.25) is 0 Å². The van der Waals surface area contributed by atoms with Crippen LogP contribution in [0.25, 0.3) is 11.0 Å². The zero-order valence-corrected chi connectivity index (χ0v) is 17.8. The molecule has 9 nitrogen and oxygen atoms in total. The number of nitrogens with zero attached hydrogens (tertiary/aromatic N) is 2. The fraction of sp³-hybridized carbons (Fsp3) is 0.550. The number of hydrogen-bond acceptors (Lipinski definition) is 8. The smallest absolute Gasteiger partial charge is 0.407 e. The topological polar surface area (TPSA) is 123 Å². The third kappa shape index (κ3) is 7.61. The molecule has 0 bridgehead atoms. The van der Waals surface area contributed by atoms with Crippen molar-refractivity contribution in [2.45, 2.75) is 59.2 Å². The van der Waals surface area contributed by atoms with Crippen molar-refractivity contribution in [1.29, 1.82) is 0 Å². The molecular formula is C20H32N6O3. The van der Waals surface area contributed by atoms with Crippen LogP contribution in [0.1, 0.15) is 47.5 Å². The SMILES string of the molecule is CC(C)Oc1ccc2nc(NN)c(NCCCCNC(=O)OC(C)(C)C)nc2c1. The number of hydrogen-bond donors (Lipinski definition) is 4. The molecule has 0 radical (unpaired) electrons. The number of hydrazine groups is 1. The van der Waals surface area contributed by atoms with E-state index in [1.807, 2.05) is 52.8 Å². The average Bonchev–Trinajstić information content (AvgIpc) is 2.61. The van der Waals surface area contributed by atoms with E-state index in [9.17, 15) is 4.79 Å². The molecule has 0 aliphatic heterocycles. The number of nitrogens with two attached hydrogens (primary N) is 1. The number of nitrogens with one attached hydrogen (secondary N) is 3. The van der Waals surface area contributed by atoms with E-state index in [0.717, 1.165) is 29.6 Å². The summed E-state index contributed by atoms with van der Waals surface area (Å²) in [7, 11) is 0. The Labute approximate surface area is 171 Å². The monoisotopic (exact) mass is 404 g/mol. The number of nitrogen functional groups attached to an aromatic ring is 1. The normalized spacial score (nSPS) is 11.4. The van der Waals surface area contributed by atoms with Crippen LogP contribution in [0.4, 0.5) is 16.4 Å². The maximum atomic E-state index is 11.6. The molecule has 2 rings (SSSR count). The van der Waals surface area contributed by atoms with E-state index in [4.69, 9.17) is 15.3 Å². The van der Waals surface area contributed by atoms with Crippen molar-refractivity contribution in [3.05, 3.63) is 18.2 Å². The van der Waals surface area contributed by atoms with Crippen LogP contribution in [0.5, 0.6) is 5.75 Å². The van der Waals surface area contributed by atoms with Crippen molar-refractivity contribution in [2.24, 2.45) is 5.84 Å². The first-order valence-corrected chi connectivity index (χ1v) is 9.84. The molecule has 0 unspecified atom stereocenters.